The zero-order chi connectivity index (χ0) is 18.4. The predicted octanol–water partition coefficient (Wildman–Crippen LogP) is 2.87. The van der Waals surface area contributed by atoms with Gasteiger partial charge in [0.05, 0.1) is 23.7 Å². The van der Waals surface area contributed by atoms with Crippen molar-refractivity contribution in [1.82, 2.24) is 14.5 Å². The third-order valence-electron chi connectivity index (χ3n) is 5.21. The van der Waals surface area contributed by atoms with Crippen LogP contribution >= 0.6 is 0 Å². The normalized spacial score (nSPS) is 17.4. The van der Waals surface area contributed by atoms with Gasteiger partial charge in [-0.15, -0.1) is 0 Å². The molecule has 1 aromatic heterocycles. The minimum atomic E-state index is -3.40. The lowest BCUT2D eigenvalue weighted by Gasteiger charge is -2.22. The van der Waals surface area contributed by atoms with Crippen molar-refractivity contribution in [2.75, 3.05) is 20.8 Å². The molecule has 0 spiro atoms. The first-order chi connectivity index (χ1) is 11.9. The Hall–Kier alpha value is -0.920. The Morgan fingerprint density at radius 3 is 2.48 bits per heavy atom. The van der Waals surface area contributed by atoms with Crippen LogP contribution in [0.25, 0.3) is 0 Å². The molecule has 1 fully saturated rings. The first-order valence-electron chi connectivity index (χ1n) is 9.35. The summed E-state index contributed by atoms with van der Waals surface area (Å²) in [5.74, 6) is 0. The topological polar surface area (TPSA) is 64.4 Å². The average molecular weight is 372 g/mol. The second kappa shape index (κ2) is 9.14. The van der Waals surface area contributed by atoms with Gasteiger partial charge in [-0.05, 0) is 33.7 Å². The van der Waals surface area contributed by atoms with Crippen LogP contribution in [0.1, 0.15) is 58.1 Å². The van der Waals surface area contributed by atoms with Gasteiger partial charge >= 0.3 is 0 Å². The summed E-state index contributed by atoms with van der Waals surface area (Å²) >= 11 is 0. The fourth-order valence-electron chi connectivity index (χ4n) is 3.31. The molecule has 25 heavy (non-hydrogen) atoms. The third-order valence-corrected chi connectivity index (χ3v) is 7.39. The van der Waals surface area contributed by atoms with Crippen LogP contribution in [0.4, 0.5) is 0 Å². The van der Waals surface area contributed by atoms with E-state index in [2.05, 4.69) is 23.7 Å². The largest absolute Gasteiger partial charge is 0.383 e. The lowest BCUT2D eigenvalue weighted by atomic mass is 10.2. The van der Waals surface area contributed by atoms with Gasteiger partial charge < -0.3 is 9.30 Å². The van der Waals surface area contributed by atoms with Crippen LogP contribution in [0, 0.1) is 0 Å². The number of rotatable bonds is 8. The molecule has 0 saturated heterocycles. The summed E-state index contributed by atoms with van der Waals surface area (Å²) in [4.78, 5) is 6.53. The van der Waals surface area contributed by atoms with Gasteiger partial charge in [0.1, 0.15) is 0 Å². The van der Waals surface area contributed by atoms with Crippen LogP contribution in [0.2, 0.25) is 0 Å². The molecule has 1 saturated carbocycles. The number of aromatic nitrogens is 2. The predicted molar refractivity (Wildman–Crippen MR) is 99.4 cm³/mol. The highest BCUT2D eigenvalue weighted by Gasteiger charge is 2.32. The van der Waals surface area contributed by atoms with E-state index in [4.69, 9.17) is 4.74 Å². The van der Waals surface area contributed by atoms with E-state index in [1.54, 1.807) is 13.3 Å². The Morgan fingerprint density at radius 2 is 1.92 bits per heavy atom. The van der Waals surface area contributed by atoms with E-state index in [0.717, 1.165) is 44.2 Å². The molecule has 0 N–H and O–H groups in total. The van der Waals surface area contributed by atoms with E-state index < -0.39 is 9.84 Å². The van der Waals surface area contributed by atoms with Crippen molar-refractivity contribution >= 4 is 9.84 Å². The van der Waals surface area contributed by atoms with Gasteiger partial charge in [-0.25, -0.2) is 13.4 Å². The smallest absolute Gasteiger partial charge is 0.228 e. The van der Waals surface area contributed by atoms with Crippen molar-refractivity contribution in [1.29, 1.82) is 0 Å². The van der Waals surface area contributed by atoms with Gasteiger partial charge in [-0.3, -0.25) is 4.90 Å². The number of nitrogens with zero attached hydrogens (tertiary/aromatic N) is 3. The van der Waals surface area contributed by atoms with Crippen molar-refractivity contribution in [3.05, 3.63) is 11.9 Å². The molecule has 0 aromatic carbocycles. The molecule has 6 nitrogen and oxygen atoms in total. The summed E-state index contributed by atoms with van der Waals surface area (Å²) in [6.07, 6.45) is 7.47. The average Bonchev–Trinajstić information content (AvgIpc) is 2.78. The van der Waals surface area contributed by atoms with Crippen LogP contribution in [-0.4, -0.2) is 54.9 Å². The van der Waals surface area contributed by atoms with Crippen molar-refractivity contribution in [3.63, 3.8) is 0 Å². The van der Waals surface area contributed by atoms with Gasteiger partial charge in [0.25, 0.3) is 0 Å². The molecule has 1 heterocycles. The molecular formula is C18H33N3O3S. The Kier molecular flexibility index (Phi) is 7.46. The Labute approximate surface area is 152 Å². The van der Waals surface area contributed by atoms with Gasteiger partial charge in [-0.2, -0.15) is 0 Å². The van der Waals surface area contributed by atoms with E-state index in [-0.39, 0.29) is 10.4 Å². The number of hydrogen-bond acceptors (Lipinski definition) is 5. The number of ether oxygens (including phenoxy) is 1. The Morgan fingerprint density at radius 1 is 1.28 bits per heavy atom. The summed E-state index contributed by atoms with van der Waals surface area (Å²) < 4.78 is 33.5. The first-order valence-corrected chi connectivity index (χ1v) is 10.9. The molecule has 0 atom stereocenters. The SMILES string of the molecule is COCCn1c(CN(C)C(C)C)cnc1S(=O)(=O)C1CCCCCC1. The van der Waals surface area contributed by atoms with Gasteiger partial charge in [0.15, 0.2) is 0 Å². The van der Waals surface area contributed by atoms with Crippen molar-refractivity contribution in [2.45, 2.75) is 81.9 Å². The monoisotopic (exact) mass is 371 g/mol. The minimum Gasteiger partial charge on any atom is -0.383 e. The lowest BCUT2D eigenvalue weighted by Crippen LogP contribution is -2.29. The highest BCUT2D eigenvalue weighted by molar-refractivity contribution is 7.91. The minimum absolute atomic E-state index is 0.226. The number of sulfone groups is 1. The van der Waals surface area contributed by atoms with Crippen LogP contribution < -0.4 is 0 Å². The zero-order valence-corrected chi connectivity index (χ0v) is 16.9. The first kappa shape index (κ1) is 20.4. The van der Waals surface area contributed by atoms with E-state index in [1.165, 1.54) is 0 Å². The molecule has 0 amide bonds. The van der Waals surface area contributed by atoms with Crippen molar-refractivity contribution in [3.8, 4) is 0 Å². The molecule has 1 aliphatic rings. The number of hydrogen-bond donors (Lipinski definition) is 0. The maximum Gasteiger partial charge on any atom is 0.228 e. The molecular weight excluding hydrogens is 338 g/mol. The quantitative estimate of drug-likeness (QED) is 0.658. The third kappa shape index (κ3) is 5.05. The zero-order valence-electron chi connectivity index (χ0n) is 16.1. The second-order valence-corrected chi connectivity index (χ2v) is 9.47. The second-order valence-electron chi connectivity index (χ2n) is 7.34. The van der Waals surface area contributed by atoms with Crippen LogP contribution in [0.5, 0.6) is 0 Å². The standard InChI is InChI=1S/C18H33N3O3S/c1-15(2)20(3)14-16-13-19-18(21(16)11-12-24-4)25(22,23)17-9-7-5-6-8-10-17/h13,15,17H,5-12,14H2,1-4H3. The summed E-state index contributed by atoms with van der Waals surface area (Å²) in [6.45, 7) is 5.91. The van der Waals surface area contributed by atoms with Crippen LogP contribution in [-0.2, 0) is 27.7 Å². The molecule has 2 rings (SSSR count). The van der Waals surface area contributed by atoms with E-state index in [9.17, 15) is 8.42 Å². The van der Waals surface area contributed by atoms with Crippen molar-refractivity contribution < 1.29 is 13.2 Å². The summed E-state index contributed by atoms with van der Waals surface area (Å²) in [7, 11) is 0.271. The Bertz CT molecular complexity index is 632. The van der Waals surface area contributed by atoms with E-state index in [0.29, 0.717) is 25.7 Å². The molecule has 7 heteroatoms. The van der Waals surface area contributed by atoms with E-state index >= 15 is 0 Å². The molecule has 0 bridgehead atoms. The highest BCUT2D eigenvalue weighted by atomic mass is 32.2. The van der Waals surface area contributed by atoms with E-state index in [1.807, 2.05) is 11.6 Å². The molecule has 1 aliphatic carbocycles. The maximum absolute atomic E-state index is 13.2. The molecule has 0 unspecified atom stereocenters. The van der Waals surface area contributed by atoms with Crippen LogP contribution in [0.3, 0.4) is 0 Å². The molecule has 0 aliphatic heterocycles. The molecule has 0 radical (unpaired) electrons. The number of imidazole rings is 1. The molecule has 1 aromatic rings. The highest BCUT2D eigenvalue weighted by Crippen LogP contribution is 2.28. The maximum atomic E-state index is 13.2. The number of methoxy groups -OCH3 is 1. The van der Waals surface area contributed by atoms with Gasteiger partial charge in [-0.1, -0.05) is 25.7 Å². The molecule has 144 valence electrons. The van der Waals surface area contributed by atoms with Gasteiger partial charge in [0.2, 0.25) is 15.0 Å². The summed E-state index contributed by atoms with van der Waals surface area (Å²) in [6, 6.07) is 0.382. The summed E-state index contributed by atoms with van der Waals surface area (Å²) in [5, 5.41) is -0.0713. The Balaban J connectivity index is 2.33. The fourth-order valence-corrected chi connectivity index (χ4v) is 5.27. The van der Waals surface area contributed by atoms with Crippen LogP contribution in [0.15, 0.2) is 11.4 Å². The van der Waals surface area contributed by atoms with Crippen molar-refractivity contribution in [2.24, 2.45) is 0 Å². The lowest BCUT2D eigenvalue weighted by molar-refractivity contribution is 0.181. The summed E-state index contributed by atoms with van der Waals surface area (Å²) in [5.41, 5.74) is 0.931. The fraction of sp³-hybridized carbons (Fsp3) is 0.833. The van der Waals surface area contributed by atoms with Gasteiger partial charge in [0, 0.05) is 26.2 Å².